The number of nitrogens with zero attached hydrogens (tertiary/aromatic N) is 4. The van der Waals surface area contributed by atoms with Crippen molar-refractivity contribution in [3.8, 4) is 5.69 Å². The molecule has 1 amide bonds. The zero-order valence-corrected chi connectivity index (χ0v) is 11.3. The summed E-state index contributed by atoms with van der Waals surface area (Å²) in [6, 6.07) is 9.60. The molecular formula is C14H16N4O2. The van der Waals surface area contributed by atoms with Crippen LogP contribution < -0.4 is 0 Å². The summed E-state index contributed by atoms with van der Waals surface area (Å²) in [7, 11) is 0. The van der Waals surface area contributed by atoms with Gasteiger partial charge in [0.1, 0.15) is 0 Å². The van der Waals surface area contributed by atoms with Crippen molar-refractivity contribution in [2.45, 2.75) is 13.0 Å². The van der Waals surface area contributed by atoms with E-state index in [1.165, 1.54) is 11.0 Å². The number of aromatic nitrogens is 3. The first-order valence-corrected chi connectivity index (χ1v) is 6.62. The van der Waals surface area contributed by atoms with Crippen molar-refractivity contribution in [2.75, 3.05) is 19.8 Å². The third-order valence-corrected chi connectivity index (χ3v) is 3.33. The number of carbonyl (C=O) groups excluding carboxylic acids is 1. The van der Waals surface area contributed by atoms with E-state index in [0.29, 0.717) is 25.5 Å². The molecule has 0 unspecified atom stereocenters. The average Bonchev–Trinajstić information content (AvgIpc) is 2.98. The molecule has 20 heavy (non-hydrogen) atoms. The Balaban J connectivity index is 1.81. The van der Waals surface area contributed by atoms with Gasteiger partial charge in [-0.05, 0) is 19.1 Å². The van der Waals surface area contributed by atoms with Gasteiger partial charge in [0.25, 0.3) is 5.91 Å². The van der Waals surface area contributed by atoms with E-state index in [9.17, 15) is 4.79 Å². The fraction of sp³-hybridized carbons (Fsp3) is 0.357. The van der Waals surface area contributed by atoms with Crippen LogP contribution in [0.2, 0.25) is 0 Å². The van der Waals surface area contributed by atoms with Gasteiger partial charge in [0.2, 0.25) is 0 Å². The number of para-hydroxylation sites is 1. The SMILES string of the molecule is C[C@H]1COCCN1C(=O)c1cnn(-c2ccccc2)n1. The minimum atomic E-state index is -0.0945. The van der Waals surface area contributed by atoms with Crippen molar-refractivity contribution in [1.82, 2.24) is 19.9 Å². The number of amides is 1. The molecule has 1 atom stereocenters. The zero-order chi connectivity index (χ0) is 13.9. The highest BCUT2D eigenvalue weighted by Gasteiger charge is 2.26. The van der Waals surface area contributed by atoms with Crippen LogP contribution in [0.1, 0.15) is 17.4 Å². The van der Waals surface area contributed by atoms with Crippen LogP contribution in [-0.4, -0.2) is 51.6 Å². The largest absolute Gasteiger partial charge is 0.377 e. The third kappa shape index (κ3) is 2.42. The van der Waals surface area contributed by atoms with Gasteiger partial charge in [-0.1, -0.05) is 18.2 Å². The van der Waals surface area contributed by atoms with E-state index in [1.54, 1.807) is 4.90 Å². The van der Waals surface area contributed by atoms with Crippen LogP contribution in [0, 0.1) is 0 Å². The number of ether oxygens (including phenoxy) is 1. The number of hydrogen-bond acceptors (Lipinski definition) is 4. The Morgan fingerprint density at radius 1 is 1.35 bits per heavy atom. The molecule has 2 heterocycles. The van der Waals surface area contributed by atoms with Crippen molar-refractivity contribution in [3.05, 3.63) is 42.2 Å². The molecule has 6 heteroatoms. The van der Waals surface area contributed by atoms with Gasteiger partial charge in [-0.25, -0.2) is 0 Å². The molecule has 1 aromatic carbocycles. The van der Waals surface area contributed by atoms with Crippen LogP contribution in [0.3, 0.4) is 0 Å². The van der Waals surface area contributed by atoms with Gasteiger partial charge >= 0.3 is 0 Å². The summed E-state index contributed by atoms with van der Waals surface area (Å²) in [5.41, 5.74) is 1.20. The topological polar surface area (TPSA) is 60.2 Å². The second kappa shape index (κ2) is 5.42. The Hall–Kier alpha value is -2.21. The number of hydrogen-bond donors (Lipinski definition) is 0. The molecule has 0 bridgehead atoms. The molecule has 6 nitrogen and oxygen atoms in total. The molecule has 1 fully saturated rings. The lowest BCUT2D eigenvalue weighted by Gasteiger charge is -2.32. The van der Waals surface area contributed by atoms with Crippen molar-refractivity contribution < 1.29 is 9.53 Å². The fourth-order valence-electron chi connectivity index (χ4n) is 2.22. The quantitative estimate of drug-likeness (QED) is 0.822. The van der Waals surface area contributed by atoms with Crippen molar-refractivity contribution in [2.24, 2.45) is 0 Å². The van der Waals surface area contributed by atoms with Crippen LogP contribution in [0.5, 0.6) is 0 Å². The molecule has 2 aromatic rings. The Kier molecular flexibility index (Phi) is 3.47. The zero-order valence-electron chi connectivity index (χ0n) is 11.3. The van der Waals surface area contributed by atoms with Crippen LogP contribution >= 0.6 is 0 Å². The Morgan fingerprint density at radius 3 is 2.90 bits per heavy atom. The highest BCUT2D eigenvalue weighted by molar-refractivity contribution is 5.92. The second-order valence-corrected chi connectivity index (χ2v) is 4.78. The van der Waals surface area contributed by atoms with Crippen LogP contribution in [-0.2, 0) is 4.74 Å². The van der Waals surface area contributed by atoms with Crippen LogP contribution in [0.25, 0.3) is 5.69 Å². The lowest BCUT2D eigenvalue weighted by atomic mass is 10.2. The second-order valence-electron chi connectivity index (χ2n) is 4.78. The van der Waals surface area contributed by atoms with Gasteiger partial charge < -0.3 is 9.64 Å². The van der Waals surface area contributed by atoms with Gasteiger partial charge in [-0.3, -0.25) is 4.79 Å². The van der Waals surface area contributed by atoms with E-state index in [1.807, 2.05) is 37.3 Å². The molecule has 0 saturated carbocycles. The number of carbonyl (C=O) groups is 1. The molecule has 1 aliphatic heterocycles. The minimum absolute atomic E-state index is 0.0677. The van der Waals surface area contributed by atoms with E-state index >= 15 is 0 Å². The van der Waals surface area contributed by atoms with Crippen LogP contribution in [0.4, 0.5) is 0 Å². The Labute approximate surface area is 117 Å². The predicted molar refractivity (Wildman–Crippen MR) is 72.7 cm³/mol. The minimum Gasteiger partial charge on any atom is -0.377 e. The predicted octanol–water partition coefficient (Wildman–Crippen LogP) is 1.13. The van der Waals surface area contributed by atoms with Crippen LogP contribution in [0.15, 0.2) is 36.5 Å². The first-order valence-electron chi connectivity index (χ1n) is 6.62. The summed E-state index contributed by atoms with van der Waals surface area (Å²) in [6.45, 7) is 3.71. The summed E-state index contributed by atoms with van der Waals surface area (Å²) < 4.78 is 5.34. The third-order valence-electron chi connectivity index (χ3n) is 3.33. The van der Waals surface area contributed by atoms with Gasteiger partial charge in [-0.15, -0.1) is 5.10 Å². The molecule has 104 valence electrons. The number of rotatable bonds is 2. The Bertz CT molecular complexity index is 596. The highest BCUT2D eigenvalue weighted by Crippen LogP contribution is 2.11. The summed E-state index contributed by atoms with van der Waals surface area (Å²) in [4.78, 5) is 15.7. The van der Waals surface area contributed by atoms with Gasteiger partial charge in [0.15, 0.2) is 5.69 Å². The Morgan fingerprint density at radius 2 is 2.15 bits per heavy atom. The molecule has 1 aliphatic rings. The van der Waals surface area contributed by atoms with E-state index in [-0.39, 0.29) is 11.9 Å². The molecule has 1 aromatic heterocycles. The lowest BCUT2D eigenvalue weighted by Crippen LogP contribution is -2.47. The van der Waals surface area contributed by atoms with Crippen molar-refractivity contribution >= 4 is 5.91 Å². The van der Waals surface area contributed by atoms with Gasteiger partial charge in [-0.2, -0.15) is 9.90 Å². The van der Waals surface area contributed by atoms with Gasteiger partial charge in [0, 0.05) is 6.54 Å². The van der Waals surface area contributed by atoms with Crippen molar-refractivity contribution in [3.63, 3.8) is 0 Å². The molecule has 0 radical (unpaired) electrons. The fourth-order valence-corrected chi connectivity index (χ4v) is 2.22. The maximum Gasteiger partial charge on any atom is 0.276 e. The molecule has 3 rings (SSSR count). The van der Waals surface area contributed by atoms with E-state index in [0.717, 1.165) is 5.69 Å². The first kappa shape index (κ1) is 12.8. The lowest BCUT2D eigenvalue weighted by molar-refractivity contribution is 0.00325. The maximum absolute atomic E-state index is 12.4. The monoisotopic (exact) mass is 272 g/mol. The highest BCUT2D eigenvalue weighted by atomic mass is 16.5. The average molecular weight is 272 g/mol. The first-order chi connectivity index (χ1) is 9.75. The van der Waals surface area contributed by atoms with Gasteiger partial charge in [0.05, 0.1) is 31.1 Å². The smallest absolute Gasteiger partial charge is 0.276 e. The maximum atomic E-state index is 12.4. The molecule has 0 N–H and O–H groups in total. The van der Waals surface area contributed by atoms with Crippen molar-refractivity contribution in [1.29, 1.82) is 0 Å². The number of benzene rings is 1. The summed E-state index contributed by atoms with van der Waals surface area (Å²) in [6.07, 6.45) is 1.51. The van der Waals surface area contributed by atoms with E-state index < -0.39 is 0 Å². The molecule has 1 saturated heterocycles. The summed E-state index contributed by atoms with van der Waals surface area (Å²) in [5.74, 6) is -0.0945. The molecule has 0 spiro atoms. The normalized spacial score (nSPS) is 19.1. The van der Waals surface area contributed by atoms with E-state index in [2.05, 4.69) is 10.2 Å². The standard InChI is InChI=1S/C14H16N4O2/c1-11-10-20-8-7-17(11)14(19)13-9-15-18(16-13)12-5-3-2-4-6-12/h2-6,9,11H,7-8,10H2,1H3/t11-/m0/s1. The molecular weight excluding hydrogens is 256 g/mol. The number of morpholine rings is 1. The summed E-state index contributed by atoms with van der Waals surface area (Å²) >= 11 is 0. The summed E-state index contributed by atoms with van der Waals surface area (Å²) in [5, 5.41) is 8.42. The van der Waals surface area contributed by atoms with E-state index in [4.69, 9.17) is 4.74 Å². The molecule has 0 aliphatic carbocycles.